The lowest BCUT2D eigenvalue weighted by Crippen LogP contribution is -2.43. The van der Waals surface area contributed by atoms with Crippen LogP contribution in [0.5, 0.6) is 0 Å². The third kappa shape index (κ3) is 5.22. The van der Waals surface area contributed by atoms with Crippen LogP contribution in [0.15, 0.2) is 12.2 Å². The topological polar surface area (TPSA) is 72.5 Å². The van der Waals surface area contributed by atoms with Gasteiger partial charge in [0, 0.05) is 7.11 Å². The SMILES string of the molecule is COCCOCCOCCOCCOCCOC(=O)C1(C)CC2CC1C1C3C=CC(C3)C21. The van der Waals surface area contributed by atoms with E-state index in [0.717, 1.165) is 18.3 Å². The second kappa shape index (κ2) is 11.4. The zero-order valence-electron chi connectivity index (χ0n) is 19.7. The maximum absolute atomic E-state index is 12.9. The van der Waals surface area contributed by atoms with E-state index in [9.17, 15) is 4.79 Å². The molecule has 4 aliphatic rings. The van der Waals surface area contributed by atoms with Gasteiger partial charge in [-0.2, -0.15) is 0 Å². The molecule has 0 spiro atoms. The number of carbonyl (C=O) groups is 1. The van der Waals surface area contributed by atoms with Gasteiger partial charge >= 0.3 is 5.97 Å². The average Bonchev–Trinajstić information content (AvgIpc) is 3.55. The first-order valence-electron chi connectivity index (χ1n) is 12.3. The summed E-state index contributed by atoms with van der Waals surface area (Å²) >= 11 is 0. The van der Waals surface area contributed by atoms with Crippen molar-refractivity contribution in [3.63, 3.8) is 0 Å². The summed E-state index contributed by atoms with van der Waals surface area (Å²) in [4.78, 5) is 12.9. The highest BCUT2D eigenvalue weighted by Crippen LogP contribution is 2.70. The summed E-state index contributed by atoms with van der Waals surface area (Å²) in [5, 5.41) is 0. The predicted molar refractivity (Wildman–Crippen MR) is 118 cm³/mol. The number of ether oxygens (including phenoxy) is 6. The van der Waals surface area contributed by atoms with Gasteiger partial charge in [0.05, 0.1) is 64.9 Å². The van der Waals surface area contributed by atoms with E-state index >= 15 is 0 Å². The zero-order chi connectivity index (χ0) is 22.4. The molecule has 0 radical (unpaired) electrons. The Morgan fingerprint density at radius 1 is 0.781 bits per heavy atom. The predicted octanol–water partition coefficient (Wildman–Crippen LogP) is 2.73. The number of rotatable bonds is 16. The molecule has 4 bridgehead atoms. The first-order valence-corrected chi connectivity index (χ1v) is 12.3. The largest absolute Gasteiger partial charge is 0.463 e. The Balaban J connectivity index is 0.998. The number of methoxy groups -OCH3 is 1. The molecule has 0 aromatic carbocycles. The van der Waals surface area contributed by atoms with Crippen molar-refractivity contribution in [2.24, 2.45) is 40.9 Å². The van der Waals surface area contributed by atoms with Crippen LogP contribution in [0.3, 0.4) is 0 Å². The summed E-state index contributed by atoms with van der Waals surface area (Å²) in [7, 11) is 1.65. The fourth-order valence-electron chi connectivity index (χ4n) is 6.87. The zero-order valence-corrected chi connectivity index (χ0v) is 19.7. The van der Waals surface area contributed by atoms with Crippen LogP contribution >= 0.6 is 0 Å². The number of hydrogen-bond acceptors (Lipinski definition) is 7. The number of fused-ring (bicyclic) bond motifs is 9. The Morgan fingerprint density at radius 3 is 1.91 bits per heavy atom. The van der Waals surface area contributed by atoms with Crippen molar-refractivity contribution >= 4 is 5.97 Å². The molecule has 7 atom stereocenters. The fourth-order valence-corrected chi connectivity index (χ4v) is 6.87. The van der Waals surface area contributed by atoms with Gasteiger partial charge in [0.2, 0.25) is 0 Å². The molecule has 7 unspecified atom stereocenters. The van der Waals surface area contributed by atoms with Crippen LogP contribution in [0, 0.1) is 40.9 Å². The lowest BCUT2D eigenvalue weighted by molar-refractivity contribution is -0.162. The van der Waals surface area contributed by atoms with Gasteiger partial charge in [-0.1, -0.05) is 12.2 Å². The van der Waals surface area contributed by atoms with Crippen molar-refractivity contribution in [3.05, 3.63) is 12.2 Å². The number of hydrogen-bond donors (Lipinski definition) is 0. The first kappa shape index (κ1) is 24.1. The van der Waals surface area contributed by atoms with Crippen LogP contribution in [-0.4, -0.2) is 79.1 Å². The Bertz CT molecular complexity index is 638. The summed E-state index contributed by atoms with van der Waals surface area (Å²) in [6, 6.07) is 0. The van der Waals surface area contributed by atoms with E-state index in [-0.39, 0.29) is 11.4 Å². The second-order valence-corrected chi connectivity index (χ2v) is 9.91. The van der Waals surface area contributed by atoms with Crippen LogP contribution in [0.4, 0.5) is 0 Å². The van der Waals surface area contributed by atoms with E-state index < -0.39 is 0 Å². The molecule has 0 aromatic rings. The fraction of sp³-hybridized carbons (Fsp3) is 0.880. The van der Waals surface area contributed by atoms with Gasteiger partial charge in [-0.25, -0.2) is 0 Å². The minimum Gasteiger partial charge on any atom is -0.463 e. The quantitative estimate of drug-likeness (QED) is 0.154. The summed E-state index contributed by atoms with van der Waals surface area (Å²) in [6.07, 6.45) is 8.40. The third-order valence-electron chi connectivity index (χ3n) is 8.13. The van der Waals surface area contributed by atoms with Crippen molar-refractivity contribution in [3.8, 4) is 0 Å². The van der Waals surface area contributed by atoms with E-state index in [1.54, 1.807) is 7.11 Å². The van der Waals surface area contributed by atoms with Gasteiger partial charge in [-0.05, 0) is 61.7 Å². The number of allylic oxidation sites excluding steroid dienone is 2. The van der Waals surface area contributed by atoms with Gasteiger partial charge in [0.15, 0.2) is 0 Å². The molecule has 7 nitrogen and oxygen atoms in total. The lowest BCUT2D eigenvalue weighted by atomic mass is 9.63. The van der Waals surface area contributed by atoms with Crippen molar-refractivity contribution in [2.75, 3.05) is 73.2 Å². The molecular weight excluding hydrogens is 412 g/mol. The van der Waals surface area contributed by atoms with Crippen LogP contribution in [0.25, 0.3) is 0 Å². The van der Waals surface area contributed by atoms with Crippen molar-refractivity contribution in [1.82, 2.24) is 0 Å². The highest BCUT2D eigenvalue weighted by Gasteiger charge is 2.66. The van der Waals surface area contributed by atoms with Crippen LogP contribution in [-0.2, 0) is 33.2 Å². The van der Waals surface area contributed by atoms with Crippen LogP contribution in [0.2, 0.25) is 0 Å². The van der Waals surface area contributed by atoms with Gasteiger partial charge in [-0.3, -0.25) is 4.79 Å². The molecular formula is C25H40O7. The molecule has 182 valence electrons. The molecule has 0 heterocycles. The maximum Gasteiger partial charge on any atom is 0.312 e. The van der Waals surface area contributed by atoms with Crippen LogP contribution < -0.4 is 0 Å². The maximum atomic E-state index is 12.9. The standard InChI is InChI=1S/C25H40O7/c1-25(17-20-16-21(25)23-19-4-3-18(15-19)22(20)23)24(26)32-14-13-31-12-11-30-10-9-29-8-7-28-6-5-27-2/h3-4,18-23H,5-17H2,1-2H3. The minimum absolute atomic E-state index is 0.0154. The molecule has 0 amide bonds. The lowest BCUT2D eigenvalue weighted by Gasteiger charge is -2.41. The first-order chi connectivity index (χ1) is 15.6. The van der Waals surface area contributed by atoms with Gasteiger partial charge in [0.1, 0.15) is 6.61 Å². The smallest absolute Gasteiger partial charge is 0.312 e. The Labute approximate surface area is 192 Å². The molecule has 3 fully saturated rings. The Hall–Kier alpha value is -0.990. The summed E-state index contributed by atoms with van der Waals surface area (Å²) in [5.74, 6) is 4.22. The van der Waals surface area contributed by atoms with E-state index in [1.807, 2.05) is 0 Å². The van der Waals surface area contributed by atoms with Crippen molar-refractivity contribution in [2.45, 2.75) is 26.2 Å². The van der Waals surface area contributed by atoms with E-state index in [0.29, 0.717) is 89.7 Å². The Kier molecular flexibility index (Phi) is 8.62. The molecule has 0 saturated heterocycles. The molecule has 32 heavy (non-hydrogen) atoms. The summed E-state index contributed by atoms with van der Waals surface area (Å²) in [5.41, 5.74) is -0.303. The highest BCUT2D eigenvalue weighted by molar-refractivity contribution is 5.77. The highest BCUT2D eigenvalue weighted by atomic mass is 16.6. The van der Waals surface area contributed by atoms with Gasteiger partial charge in [0.25, 0.3) is 0 Å². The molecule has 7 heteroatoms. The van der Waals surface area contributed by atoms with E-state index in [4.69, 9.17) is 28.4 Å². The van der Waals surface area contributed by atoms with E-state index in [2.05, 4.69) is 19.1 Å². The van der Waals surface area contributed by atoms with Crippen molar-refractivity contribution in [1.29, 1.82) is 0 Å². The molecule has 0 aliphatic heterocycles. The molecule has 0 aromatic heterocycles. The molecule has 4 rings (SSSR count). The average molecular weight is 453 g/mol. The minimum atomic E-state index is -0.303. The van der Waals surface area contributed by atoms with E-state index in [1.165, 1.54) is 12.8 Å². The molecule has 0 N–H and O–H groups in total. The monoisotopic (exact) mass is 452 g/mol. The number of esters is 1. The molecule has 4 aliphatic carbocycles. The number of carbonyl (C=O) groups excluding carboxylic acids is 1. The van der Waals surface area contributed by atoms with Crippen molar-refractivity contribution < 1.29 is 33.2 Å². The second-order valence-electron chi connectivity index (χ2n) is 9.91. The van der Waals surface area contributed by atoms with Gasteiger partial charge < -0.3 is 28.4 Å². The Morgan fingerprint density at radius 2 is 1.31 bits per heavy atom. The van der Waals surface area contributed by atoms with Crippen LogP contribution in [0.1, 0.15) is 26.2 Å². The van der Waals surface area contributed by atoms with Gasteiger partial charge in [-0.15, -0.1) is 0 Å². The summed E-state index contributed by atoms with van der Waals surface area (Å²) < 4.78 is 32.3. The normalized spacial score (nSPS) is 36.2. The molecule has 3 saturated carbocycles. The third-order valence-corrected chi connectivity index (χ3v) is 8.13. The summed E-state index contributed by atoms with van der Waals surface area (Å²) in [6.45, 7) is 7.22.